The molecule has 1 unspecified atom stereocenters. The number of benzene rings is 1. The average Bonchev–Trinajstić information content (AvgIpc) is 2.91. The van der Waals surface area contributed by atoms with Gasteiger partial charge in [0.25, 0.3) is 0 Å². The van der Waals surface area contributed by atoms with Gasteiger partial charge in [0.15, 0.2) is 5.82 Å². The Bertz CT molecular complexity index is 644. The molecule has 0 radical (unpaired) electrons. The Hall–Kier alpha value is -1.16. The number of halogens is 3. The van der Waals surface area contributed by atoms with Gasteiger partial charge in [-0.15, -0.1) is 11.6 Å². The maximum Gasteiger partial charge on any atom is 0.153 e. The second-order valence-electron chi connectivity index (χ2n) is 5.74. The summed E-state index contributed by atoms with van der Waals surface area (Å²) in [6.45, 7) is 4.67. The van der Waals surface area contributed by atoms with Gasteiger partial charge in [-0.1, -0.05) is 6.92 Å². The molecule has 2 aromatic rings. The first kappa shape index (κ1) is 12.9. The molecule has 102 valence electrons. The zero-order valence-electron chi connectivity index (χ0n) is 10.9. The monoisotopic (exact) mass is 284 g/mol. The highest BCUT2D eigenvalue weighted by molar-refractivity contribution is 6.20. The van der Waals surface area contributed by atoms with Crippen molar-refractivity contribution in [2.75, 3.05) is 0 Å². The van der Waals surface area contributed by atoms with Crippen molar-refractivity contribution in [1.29, 1.82) is 0 Å². The number of fused-ring (bicyclic) bond motifs is 1. The molecule has 19 heavy (non-hydrogen) atoms. The predicted octanol–water partition coefficient (Wildman–Crippen LogP) is 4.41. The van der Waals surface area contributed by atoms with Crippen LogP contribution in [0.1, 0.15) is 37.9 Å². The van der Waals surface area contributed by atoms with Crippen LogP contribution in [0, 0.1) is 17.0 Å². The van der Waals surface area contributed by atoms with Gasteiger partial charge in [0.05, 0.1) is 10.9 Å². The second-order valence-corrected chi connectivity index (χ2v) is 6.39. The van der Waals surface area contributed by atoms with Gasteiger partial charge < -0.3 is 4.57 Å². The molecule has 3 rings (SSSR count). The number of hydrogen-bond acceptors (Lipinski definition) is 1. The molecule has 0 aliphatic heterocycles. The molecule has 1 fully saturated rings. The fraction of sp³-hybridized carbons (Fsp3) is 0.500. The van der Waals surface area contributed by atoms with E-state index < -0.39 is 11.6 Å². The standard InChI is InChI=1S/C14H15ClF2N2/c1-8(15)13-18-12-10(17)5-9(16)6-11(12)19(13)7-14(2)3-4-14/h5-6,8H,3-4,7H2,1-2H3. The Kier molecular flexibility index (Phi) is 2.82. The number of aromatic nitrogens is 2. The third kappa shape index (κ3) is 2.22. The van der Waals surface area contributed by atoms with E-state index in [2.05, 4.69) is 11.9 Å². The molecule has 1 atom stereocenters. The average molecular weight is 285 g/mol. The lowest BCUT2D eigenvalue weighted by Gasteiger charge is -2.14. The van der Waals surface area contributed by atoms with Crippen molar-refractivity contribution in [3.05, 3.63) is 29.6 Å². The van der Waals surface area contributed by atoms with Crippen molar-refractivity contribution in [3.63, 3.8) is 0 Å². The maximum atomic E-state index is 13.8. The van der Waals surface area contributed by atoms with E-state index in [9.17, 15) is 8.78 Å². The van der Waals surface area contributed by atoms with Gasteiger partial charge in [0.2, 0.25) is 0 Å². The molecule has 0 saturated heterocycles. The van der Waals surface area contributed by atoms with Gasteiger partial charge >= 0.3 is 0 Å². The van der Waals surface area contributed by atoms with Gasteiger partial charge in [-0.25, -0.2) is 13.8 Å². The first-order chi connectivity index (χ1) is 8.89. The molecule has 0 amide bonds. The lowest BCUT2D eigenvalue weighted by atomic mass is 10.1. The molecular weight excluding hydrogens is 270 g/mol. The van der Waals surface area contributed by atoms with Crippen LogP contribution in [0.4, 0.5) is 8.78 Å². The van der Waals surface area contributed by atoms with Crippen molar-refractivity contribution in [1.82, 2.24) is 9.55 Å². The summed E-state index contributed by atoms with van der Waals surface area (Å²) in [6.07, 6.45) is 2.25. The molecule has 0 spiro atoms. The molecular formula is C14H15ClF2N2. The van der Waals surface area contributed by atoms with Gasteiger partial charge in [0.1, 0.15) is 17.2 Å². The van der Waals surface area contributed by atoms with Crippen molar-refractivity contribution >= 4 is 22.6 Å². The molecule has 1 aliphatic carbocycles. The van der Waals surface area contributed by atoms with Crippen LogP contribution in [0.2, 0.25) is 0 Å². The summed E-state index contributed by atoms with van der Waals surface area (Å²) < 4.78 is 29.1. The molecule has 1 aromatic carbocycles. The molecule has 0 bridgehead atoms. The summed E-state index contributed by atoms with van der Waals surface area (Å²) in [5.74, 6) is -0.608. The number of alkyl halides is 1. The molecule has 2 nitrogen and oxygen atoms in total. The van der Waals surface area contributed by atoms with Crippen LogP contribution < -0.4 is 0 Å². The van der Waals surface area contributed by atoms with Crippen LogP contribution in [0.5, 0.6) is 0 Å². The van der Waals surface area contributed by atoms with E-state index in [1.807, 2.05) is 4.57 Å². The Morgan fingerprint density at radius 2 is 2.11 bits per heavy atom. The van der Waals surface area contributed by atoms with Crippen LogP contribution >= 0.6 is 11.6 Å². The third-order valence-corrected chi connectivity index (χ3v) is 4.00. The minimum Gasteiger partial charge on any atom is -0.326 e. The van der Waals surface area contributed by atoms with E-state index in [1.54, 1.807) is 6.92 Å². The molecule has 5 heteroatoms. The second kappa shape index (κ2) is 4.17. The molecule has 1 heterocycles. The first-order valence-electron chi connectivity index (χ1n) is 6.39. The summed E-state index contributed by atoms with van der Waals surface area (Å²) in [5.41, 5.74) is 0.901. The Morgan fingerprint density at radius 3 is 2.68 bits per heavy atom. The smallest absolute Gasteiger partial charge is 0.153 e. The summed E-state index contributed by atoms with van der Waals surface area (Å²) >= 11 is 6.12. The largest absolute Gasteiger partial charge is 0.326 e. The lowest BCUT2D eigenvalue weighted by molar-refractivity contribution is 0.460. The van der Waals surface area contributed by atoms with Crippen LogP contribution in [0.3, 0.4) is 0 Å². The minimum absolute atomic E-state index is 0.202. The van der Waals surface area contributed by atoms with Crippen molar-refractivity contribution in [3.8, 4) is 0 Å². The number of hydrogen-bond donors (Lipinski definition) is 0. The van der Waals surface area contributed by atoms with E-state index in [-0.39, 0.29) is 16.3 Å². The Balaban J connectivity index is 2.22. The van der Waals surface area contributed by atoms with E-state index >= 15 is 0 Å². The quantitative estimate of drug-likeness (QED) is 0.763. The molecule has 1 saturated carbocycles. The van der Waals surface area contributed by atoms with Gasteiger partial charge in [-0.3, -0.25) is 0 Å². The van der Waals surface area contributed by atoms with Crippen molar-refractivity contribution in [2.24, 2.45) is 5.41 Å². The van der Waals surface area contributed by atoms with Crippen molar-refractivity contribution < 1.29 is 8.78 Å². The third-order valence-electron chi connectivity index (χ3n) is 3.80. The lowest BCUT2D eigenvalue weighted by Crippen LogP contribution is -2.11. The highest BCUT2D eigenvalue weighted by Crippen LogP contribution is 2.47. The van der Waals surface area contributed by atoms with Gasteiger partial charge in [-0.2, -0.15) is 0 Å². The normalized spacial score (nSPS) is 18.8. The summed E-state index contributed by atoms with van der Waals surface area (Å²) in [5, 5.41) is -0.336. The minimum atomic E-state index is -0.631. The Morgan fingerprint density at radius 1 is 1.42 bits per heavy atom. The molecule has 0 N–H and O–H groups in total. The van der Waals surface area contributed by atoms with Gasteiger partial charge in [0, 0.05) is 12.6 Å². The molecule has 1 aromatic heterocycles. The summed E-state index contributed by atoms with van der Waals surface area (Å²) in [6, 6.07) is 2.20. The fourth-order valence-electron chi connectivity index (χ4n) is 2.39. The van der Waals surface area contributed by atoms with Gasteiger partial charge in [-0.05, 0) is 31.2 Å². The predicted molar refractivity (Wildman–Crippen MR) is 71.3 cm³/mol. The topological polar surface area (TPSA) is 17.8 Å². The first-order valence-corrected chi connectivity index (χ1v) is 6.82. The van der Waals surface area contributed by atoms with Crippen LogP contribution in [0.15, 0.2) is 12.1 Å². The Labute approximate surface area is 115 Å². The molecule has 1 aliphatic rings. The summed E-state index contributed by atoms with van der Waals surface area (Å²) in [7, 11) is 0. The zero-order valence-corrected chi connectivity index (χ0v) is 11.6. The number of nitrogens with zero attached hydrogens (tertiary/aromatic N) is 2. The van der Waals surface area contributed by atoms with E-state index in [0.29, 0.717) is 17.9 Å². The number of imidazole rings is 1. The van der Waals surface area contributed by atoms with E-state index in [0.717, 1.165) is 18.9 Å². The van der Waals surface area contributed by atoms with Crippen LogP contribution in [-0.2, 0) is 6.54 Å². The maximum absolute atomic E-state index is 13.8. The fourth-order valence-corrected chi connectivity index (χ4v) is 2.56. The van der Waals surface area contributed by atoms with Crippen LogP contribution in [0.25, 0.3) is 11.0 Å². The van der Waals surface area contributed by atoms with E-state index in [1.165, 1.54) is 6.07 Å². The van der Waals surface area contributed by atoms with E-state index in [4.69, 9.17) is 11.6 Å². The summed E-state index contributed by atoms with van der Waals surface area (Å²) in [4.78, 5) is 4.25. The van der Waals surface area contributed by atoms with Crippen LogP contribution in [-0.4, -0.2) is 9.55 Å². The highest BCUT2D eigenvalue weighted by atomic mass is 35.5. The zero-order chi connectivity index (χ0) is 13.8. The highest BCUT2D eigenvalue weighted by Gasteiger charge is 2.38. The SMILES string of the molecule is CC(Cl)c1nc2c(F)cc(F)cc2n1CC1(C)CC1. The number of rotatable bonds is 3. The van der Waals surface area contributed by atoms with Crippen molar-refractivity contribution in [2.45, 2.75) is 38.6 Å².